The molecule has 20 heavy (non-hydrogen) atoms. The molecule has 1 aliphatic heterocycles. The molecular weight excluding hydrogens is 260 g/mol. The average Bonchev–Trinajstić information content (AvgIpc) is 2.95. The quantitative estimate of drug-likeness (QED) is 0.836. The van der Waals surface area contributed by atoms with Crippen molar-refractivity contribution < 1.29 is 14.2 Å². The second-order valence-electron chi connectivity index (χ2n) is 4.69. The number of nitrogens with zero attached hydrogens (tertiary/aromatic N) is 2. The highest BCUT2D eigenvalue weighted by Crippen LogP contribution is 2.23. The number of hydrogen-bond donors (Lipinski definition) is 0. The van der Waals surface area contributed by atoms with E-state index in [0.717, 1.165) is 0 Å². The van der Waals surface area contributed by atoms with Crippen LogP contribution in [-0.2, 0) is 9.47 Å². The summed E-state index contributed by atoms with van der Waals surface area (Å²) in [5.41, 5.74) is 0.468. The van der Waals surface area contributed by atoms with Gasteiger partial charge < -0.3 is 14.2 Å². The van der Waals surface area contributed by atoms with E-state index in [0.29, 0.717) is 29.9 Å². The fourth-order valence-electron chi connectivity index (χ4n) is 2.55. The molecule has 0 spiro atoms. The van der Waals surface area contributed by atoms with Crippen molar-refractivity contribution in [1.29, 1.82) is 0 Å². The Hall–Kier alpha value is -1.92. The molecule has 1 fully saturated rings. The molecule has 0 amide bonds. The maximum atomic E-state index is 12.6. The van der Waals surface area contributed by atoms with Gasteiger partial charge in [-0.2, -0.15) is 0 Å². The van der Waals surface area contributed by atoms with Crippen molar-refractivity contribution in [3.05, 3.63) is 34.9 Å². The molecule has 106 valence electrons. The second kappa shape index (κ2) is 5.22. The van der Waals surface area contributed by atoms with Crippen LogP contribution in [0, 0.1) is 0 Å². The van der Waals surface area contributed by atoms with Gasteiger partial charge in [0, 0.05) is 7.11 Å². The van der Waals surface area contributed by atoms with Crippen molar-refractivity contribution in [3.63, 3.8) is 0 Å². The van der Waals surface area contributed by atoms with Crippen LogP contribution in [-0.4, -0.2) is 43.1 Å². The Morgan fingerprint density at radius 2 is 2.20 bits per heavy atom. The number of aromatic nitrogens is 2. The molecule has 2 atom stereocenters. The zero-order valence-electron chi connectivity index (χ0n) is 11.4. The van der Waals surface area contributed by atoms with E-state index in [1.165, 1.54) is 0 Å². The van der Waals surface area contributed by atoms with Crippen molar-refractivity contribution in [2.45, 2.75) is 12.1 Å². The molecule has 1 aromatic carbocycles. The normalized spacial score (nSPS) is 22.3. The molecule has 0 saturated carbocycles. The molecule has 1 aromatic heterocycles. The van der Waals surface area contributed by atoms with Crippen molar-refractivity contribution in [2.24, 2.45) is 0 Å². The second-order valence-corrected chi connectivity index (χ2v) is 4.69. The van der Waals surface area contributed by atoms with E-state index in [1.807, 2.05) is 0 Å². The van der Waals surface area contributed by atoms with Gasteiger partial charge in [-0.05, 0) is 12.1 Å². The topological polar surface area (TPSA) is 62.6 Å². The number of hydrogen-bond acceptors (Lipinski definition) is 5. The van der Waals surface area contributed by atoms with E-state index in [1.54, 1.807) is 43.3 Å². The van der Waals surface area contributed by atoms with E-state index in [9.17, 15) is 4.79 Å². The zero-order chi connectivity index (χ0) is 14.1. The third-order valence-corrected chi connectivity index (χ3v) is 3.66. The Bertz CT molecular complexity index is 682. The summed E-state index contributed by atoms with van der Waals surface area (Å²) in [5.74, 6) is 0.595. The van der Waals surface area contributed by atoms with Gasteiger partial charge in [-0.25, -0.2) is 4.98 Å². The molecule has 6 heteroatoms. The number of fused-ring (bicyclic) bond motifs is 1. The molecule has 2 aromatic rings. The standard InChI is InChI=1S/C14H16N2O4/c1-18-11-5-3-4-9-13(11)15-8-16(14(9)17)10-6-20-7-12(10)19-2/h3-5,8,10,12H,6-7H2,1-2H3/t10-,12-/m0/s1. The number of methoxy groups -OCH3 is 2. The van der Waals surface area contributed by atoms with E-state index < -0.39 is 0 Å². The summed E-state index contributed by atoms with van der Waals surface area (Å²) in [4.78, 5) is 17.0. The Kier molecular flexibility index (Phi) is 3.42. The fourth-order valence-corrected chi connectivity index (χ4v) is 2.55. The van der Waals surface area contributed by atoms with E-state index >= 15 is 0 Å². The maximum Gasteiger partial charge on any atom is 0.261 e. The lowest BCUT2D eigenvalue weighted by molar-refractivity contribution is 0.0679. The first-order valence-electron chi connectivity index (χ1n) is 6.40. The van der Waals surface area contributed by atoms with Crippen molar-refractivity contribution >= 4 is 10.9 Å². The van der Waals surface area contributed by atoms with Gasteiger partial charge in [0.1, 0.15) is 17.4 Å². The Labute approximate surface area is 115 Å². The first kappa shape index (κ1) is 13.1. The predicted molar refractivity (Wildman–Crippen MR) is 73.2 cm³/mol. The van der Waals surface area contributed by atoms with Gasteiger partial charge in [0.05, 0.1) is 38.1 Å². The van der Waals surface area contributed by atoms with Gasteiger partial charge >= 0.3 is 0 Å². The van der Waals surface area contributed by atoms with Crippen LogP contribution in [0.4, 0.5) is 0 Å². The first-order chi connectivity index (χ1) is 9.76. The van der Waals surface area contributed by atoms with Crippen LogP contribution in [0.2, 0.25) is 0 Å². The van der Waals surface area contributed by atoms with Crippen LogP contribution in [0.5, 0.6) is 5.75 Å². The van der Waals surface area contributed by atoms with Gasteiger partial charge in [-0.15, -0.1) is 0 Å². The molecule has 2 heterocycles. The Morgan fingerprint density at radius 3 is 2.95 bits per heavy atom. The van der Waals surface area contributed by atoms with Gasteiger partial charge in [0.25, 0.3) is 5.56 Å². The lowest BCUT2D eigenvalue weighted by atomic mass is 10.2. The summed E-state index contributed by atoms with van der Waals surface area (Å²) in [5, 5.41) is 0.536. The monoisotopic (exact) mass is 276 g/mol. The number of rotatable bonds is 3. The van der Waals surface area contributed by atoms with E-state index in [2.05, 4.69) is 4.98 Å². The molecule has 1 saturated heterocycles. The highest BCUT2D eigenvalue weighted by Gasteiger charge is 2.30. The molecule has 6 nitrogen and oxygen atoms in total. The van der Waals surface area contributed by atoms with Crippen LogP contribution in [0.3, 0.4) is 0 Å². The molecule has 0 radical (unpaired) electrons. The summed E-state index contributed by atoms with van der Waals surface area (Å²) in [6.45, 7) is 0.944. The minimum atomic E-state index is -0.143. The predicted octanol–water partition coefficient (Wildman–Crippen LogP) is 0.991. The van der Waals surface area contributed by atoms with Crippen molar-refractivity contribution in [2.75, 3.05) is 27.4 Å². The molecular formula is C14H16N2O4. The molecule has 1 aliphatic rings. The van der Waals surface area contributed by atoms with Crippen LogP contribution in [0.1, 0.15) is 6.04 Å². The molecule has 3 rings (SSSR count). The van der Waals surface area contributed by atoms with E-state index in [-0.39, 0.29) is 17.7 Å². The first-order valence-corrected chi connectivity index (χ1v) is 6.40. The Balaban J connectivity index is 2.15. The minimum absolute atomic E-state index is 0.105. The third kappa shape index (κ3) is 1.97. The Morgan fingerprint density at radius 1 is 1.35 bits per heavy atom. The van der Waals surface area contributed by atoms with E-state index in [4.69, 9.17) is 14.2 Å². The van der Waals surface area contributed by atoms with Gasteiger partial charge in [0.15, 0.2) is 0 Å². The van der Waals surface area contributed by atoms with Gasteiger partial charge in [0.2, 0.25) is 0 Å². The smallest absolute Gasteiger partial charge is 0.261 e. The zero-order valence-corrected chi connectivity index (χ0v) is 11.4. The molecule has 0 bridgehead atoms. The van der Waals surface area contributed by atoms with Crippen molar-refractivity contribution in [1.82, 2.24) is 9.55 Å². The summed E-state index contributed by atoms with van der Waals surface area (Å²) in [6.07, 6.45) is 1.41. The van der Waals surface area contributed by atoms with Crippen LogP contribution in [0.15, 0.2) is 29.3 Å². The summed E-state index contributed by atoms with van der Waals surface area (Å²) >= 11 is 0. The molecule has 0 aliphatic carbocycles. The summed E-state index contributed by atoms with van der Waals surface area (Å²) in [6, 6.07) is 5.18. The highest BCUT2D eigenvalue weighted by molar-refractivity contribution is 5.83. The number of benzene rings is 1. The lowest BCUT2D eigenvalue weighted by Gasteiger charge is -2.18. The SMILES string of the molecule is COc1cccc2c(=O)n([C@H]3COC[C@@H]3OC)cnc12. The van der Waals surface area contributed by atoms with Crippen molar-refractivity contribution in [3.8, 4) is 5.75 Å². The number of para-hydroxylation sites is 1. The van der Waals surface area contributed by atoms with Crippen LogP contribution in [0.25, 0.3) is 10.9 Å². The average molecular weight is 276 g/mol. The van der Waals surface area contributed by atoms with Crippen LogP contribution >= 0.6 is 0 Å². The fraction of sp³-hybridized carbons (Fsp3) is 0.429. The lowest BCUT2D eigenvalue weighted by Crippen LogP contribution is -2.32. The number of ether oxygens (including phenoxy) is 3. The summed E-state index contributed by atoms with van der Waals surface area (Å²) in [7, 11) is 3.18. The van der Waals surface area contributed by atoms with Gasteiger partial charge in [-0.1, -0.05) is 6.07 Å². The van der Waals surface area contributed by atoms with Gasteiger partial charge in [-0.3, -0.25) is 9.36 Å². The minimum Gasteiger partial charge on any atom is -0.494 e. The third-order valence-electron chi connectivity index (χ3n) is 3.66. The molecule has 0 N–H and O–H groups in total. The molecule has 0 unspecified atom stereocenters. The summed E-state index contributed by atoms with van der Waals surface area (Å²) < 4.78 is 17.6. The highest BCUT2D eigenvalue weighted by atomic mass is 16.5. The largest absolute Gasteiger partial charge is 0.494 e. The van der Waals surface area contributed by atoms with Crippen LogP contribution < -0.4 is 10.3 Å². The maximum absolute atomic E-state index is 12.6.